The predicted molar refractivity (Wildman–Crippen MR) is 174 cm³/mol. The summed E-state index contributed by atoms with van der Waals surface area (Å²) in [5.74, 6) is -1.36. The minimum atomic E-state index is -3.72. The number of carbonyl (C=O) groups is 2. The zero-order valence-corrected chi connectivity index (χ0v) is 27.0. The lowest BCUT2D eigenvalue weighted by Gasteiger charge is -2.25. The standard InChI is InChI=1S/C34H37FN2O9S/c1-36-33(38)31-28-19-27(23-7-8-23)29(20-30(28)46-32(31)24-9-11-26(35)12-10-24)37(47(2,41)42)13-14-43-15-16-44-17-18-45-21-22-3-5-25(6-4-22)34(39)40/h3-6,9-12,19-20,23H,7-8,13-18,21H2,1-2H3,(H,36,38)(H,39,40). The number of hydrogen-bond donors (Lipinski definition) is 2. The molecule has 250 valence electrons. The molecule has 1 aromatic heterocycles. The third-order valence-corrected chi connectivity index (χ3v) is 8.92. The number of hydrogen-bond acceptors (Lipinski definition) is 8. The molecule has 1 amide bonds. The van der Waals surface area contributed by atoms with Crippen molar-refractivity contribution in [2.45, 2.75) is 25.4 Å². The summed E-state index contributed by atoms with van der Waals surface area (Å²) in [7, 11) is -2.20. The van der Waals surface area contributed by atoms with Gasteiger partial charge in [0, 0.05) is 24.1 Å². The maximum absolute atomic E-state index is 13.6. The van der Waals surface area contributed by atoms with Crippen molar-refractivity contribution in [2.24, 2.45) is 0 Å². The number of rotatable bonds is 17. The van der Waals surface area contributed by atoms with Crippen LogP contribution in [0.4, 0.5) is 10.1 Å². The lowest BCUT2D eigenvalue weighted by atomic mass is 10.0. The largest absolute Gasteiger partial charge is 0.478 e. The summed E-state index contributed by atoms with van der Waals surface area (Å²) >= 11 is 0. The number of halogens is 1. The second-order valence-electron chi connectivity index (χ2n) is 11.2. The first-order valence-corrected chi connectivity index (χ1v) is 17.0. The molecule has 13 heteroatoms. The van der Waals surface area contributed by atoms with Crippen molar-refractivity contribution >= 4 is 38.6 Å². The van der Waals surface area contributed by atoms with Gasteiger partial charge in [0.2, 0.25) is 10.0 Å². The SMILES string of the molecule is CNC(=O)c1c(-c2ccc(F)cc2)oc2cc(N(CCOCCOCCOCc3ccc(C(=O)O)cc3)S(C)(=O)=O)c(C3CC3)cc12. The Hall–Kier alpha value is -4.30. The van der Waals surface area contributed by atoms with Gasteiger partial charge in [-0.2, -0.15) is 0 Å². The fourth-order valence-electron chi connectivity index (χ4n) is 5.23. The lowest BCUT2D eigenvalue weighted by Crippen LogP contribution is -2.34. The number of anilines is 1. The third kappa shape index (κ3) is 8.55. The Labute approximate surface area is 272 Å². The monoisotopic (exact) mass is 668 g/mol. The maximum Gasteiger partial charge on any atom is 0.335 e. The minimum Gasteiger partial charge on any atom is -0.478 e. The van der Waals surface area contributed by atoms with Gasteiger partial charge in [-0.3, -0.25) is 9.10 Å². The van der Waals surface area contributed by atoms with E-state index in [-0.39, 0.29) is 49.5 Å². The number of aromatic carboxylic acids is 1. The Morgan fingerprint density at radius 2 is 1.60 bits per heavy atom. The van der Waals surface area contributed by atoms with E-state index in [9.17, 15) is 22.4 Å². The van der Waals surface area contributed by atoms with Gasteiger partial charge in [-0.15, -0.1) is 0 Å². The summed E-state index contributed by atoms with van der Waals surface area (Å²) in [6, 6.07) is 15.6. The molecule has 1 aliphatic carbocycles. The van der Waals surface area contributed by atoms with Crippen LogP contribution in [0.2, 0.25) is 0 Å². The van der Waals surface area contributed by atoms with E-state index in [2.05, 4.69) is 5.32 Å². The van der Waals surface area contributed by atoms with E-state index in [0.29, 0.717) is 47.6 Å². The topological polar surface area (TPSA) is 145 Å². The molecule has 4 aromatic rings. The normalized spacial score (nSPS) is 13.2. The second kappa shape index (κ2) is 15.1. The number of ether oxygens (including phenoxy) is 3. The summed E-state index contributed by atoms with van der Waals surface area (Å²) in [5, 5.41) is 12.2. The number of carbonyl (C=O) groups excluding carboxylic acids is 1. The first kappa shape index (κ1) is 34.0. The molecule has 0 unspecified atom stereocenters. The van der Waals surface area contributed by atoms with Crippen LogP contribution in [0.5, 0.6) is 0 Å². The Morgan fingerprint density at radius 1 is 0.957 bits per heavy atom. The van der Waals surface area contributed by atoms with Gasteiger partial charge in [0.25, 0.3) is 5.91 Å². The molecule has 5 rings (SSSR count). The highest BCUT2D eigenvalue weighted by Crippen LogP contribution is 2.48. The van der Waals surface area contributed by atoms with E-state index in [1.165, 1.54) is 47.8 Å². The van der Waals surface area contributed by atoms with Crippen LogP contribution in [-0.2, 0) is 30.8 Å². The van der Waals surface area contributed by atoms with Gasteiger partial charge < -0.3 is 29.1 Å². The van der Waals surface area contributed by atoms with Gasteiger partial charge in [0.1, 0.15) is 17.2 Å². The number of nitrogens with one attached hydrogen (secondary N) is 1. The van der Waals surface area contributed by atoms with E-state index in [1.807, 2.05) is 6.07 Å². The molecule has 0 spiro atoms. The van der Waals surface area contributed by atoms with Crippen LogP contribution in [0, 0.1) is 5.82 Å². The van der Waals surface area contributed by atoms with Gasteiger partial charge in [0.15, 0.2) is 0 Å². The summed E-state index contributed by atoms with van der Waals surface area (Å²) in [4.78, 5) is 24.0. The maximum atomic E-state index is 13.6. The van der Waals surface area contributed by atoms with Crippen molar-refractivity contribution in [3.05, 3.63) is 88.7 Å². The predicted octanol–water partition coefficient (Wildman–Crippen LogP) is 5.19. The van der Waals surface area contributed by atoms with Gasteiger partial charge in [0.05, 0.1) is 69.3 Å². The molecule has 3 aromatic carbocycles. The van der Waals surface area contributed by atoms with E-state index < -0.39 is 21.8 Å². The molecule has 1 fully saturated rings. The van der Waals surface area contributed by atoms with Gasteiger partial charge in [-0.25, -0.2) is 17.6 Å². The second-order valence-corrected chi connectivity index (χ2v) is 13.1. The van der Waals surface area contributed by atoms with Crippen LogP contribution in [0.3, 0.4) is 0 Å². The van der Waals surface area contributed by atoms with Gasteiger partial charge in [-0.05, 0) is 72.4 Å². The molecule has 1 saturated carbocycles. The molecule has 47 heavy (non-hydrogen) atoms. The third-order valence-electron chi connectivity index (χ3n) is 7.74. The minimum absolute atomic E-state index is 0.0572. The molecule has 0 radical (unpaired) electrons. The Morgan fingerprint density at radius 3 is 2.19 bits per heavy atom. The van der Waals surface area contributed by atoms with Crippen molar-refractivity contribution in [2.75, 3.05) is 57.2 Å². The van der Waals surface area contributed by atoms with Crippen LogP contribution in [0.25, 0.3) is 22.3 Å². The van der Waals surface area contributed by atoms with Crippen molar-refractivity contribution in [3.8, 4) is 11.3 Å². The average molecular weight is 669 g/mol. The highest BCUT2D eigenvalue weighted by Gasteiger charge is 2.33. The van der Waals surface area contributed by atoms with E-state index in [0.717, 1.165) is 30.2 Å². The highest BCUT2D eigenvalue weighted by atomic mass is 32.2. The lowest BCUT2D eigenvalue weighted by molar-refractivity contribution is 0.0120. The number of carboxylic acid groups (broad SMARTS) is 1. The van der Waals surface area contributed by atoms with Crippen LogP contribution < -0.4 is 9.62 Å². The Balaban J connectivity index is 1.20. The molecule has 2 N–H and O–H groups in total. The quantitative estimate of drug-likeness (QED) is 0.145. The average Bonchev–Trinajstić information content (AvgIpc) is 3.83. The fourth-order valence-corrected chi connectivity index (χ4v) is 6.15. The Kier molecular flexibility index (Phi) is 10.9. The molecular formula is C34H37FN2O9S. The van der Waals surface area contributed by atoms with Crippen molar-refractivity contribution in [1.82, 2.24) is 5.32 Å². The number of furan rings is 1. The van der Waals surface area contributed by atoms with Gasteiger partial charge >= 0.3 is 5.97 Å². The molecular weight excluding hydrogens is 631 g/mol. The van der Waals surface area contributed by atoms with Gasteiger partial charge in [-0.1, -0.05) is 12.1 Å². The first-order valence-electron chi connectivity index (χ1n) is 15.2. The molecule has 1 aliphatic rings. The fraction of sp³-hybridized carbons (Fsp3) is 0.353. The summed E-state index contributed by atoms with van der Waals surface area (Å²) in [6.45, 7) is 1.71. The van der Waals surface area contributed by atoms with Crippen molar-refractivity contribution in [1.29, 1.82) is 0 Å². The summed E-state index contributed by atoms with van der Waals surface area (Å²) in [6.07, 6.45) is 2.92. The van der Waals surface area contributed by atoms with E-state index in [4.69, 9.17) is 23.7 Å². The van der Waals surface area contributed by atoms with Crippen molar-refractivity contribution < 1.29 is 46.1 Å². The smallest absolute Gasteiger partial charge is 0.335 e. The summed E-state index contributed by atoms with van der Waals surface area (Å²) in [5.41, 5.74) is 3.50. The van der Waals surface area contributed by atoms with Crippen molar-refractivity contribution in [3.63, 3.8) is 0 Å². The molecule has 0 atom stereocenters. The number of carboxylic acids is 1. The number of sulfonamides is 1. The molecule has 11 nitrogen and oxygen atoms in total. The number of amides is 1. The number of nitrogens with zero attached hydrogens (tertiary/aromatic N) is 1. The molecule has 0 aliphatic heterocycles. The first-order chi connectivity index (χ1) is 22.6. The van der Waals surface area contributed by atoms with Crippen LogP contribution in [-0.4, -0.2) is 78.3 Å². The zero-order valence-electron chi connectivity index (χ0n) is 26.2. The number of benzene rings is 3. The number of fused-ring (bicyclic) bond motifs is 1. The Bertz CT molecular complexity index is 1820. The highest BCUT2D eigenvalue weighted by molar-refractivity contribution is 7.92. The van der Waals surface area contributed by atoms with Crippen LogP contribution in [0.1, 0.15) is 50.6 Å². The zero-order chi connectivity index (χ0) is 33.6. The molecule has 0 bridgehead atoms. The molecule has 1 heterocycles. The van der Waals surface area contributed by atoms with E-state index >= 15 is 0 Å². The van der Waals surface area contributed by atoms with E-state index in [1.54, 1.807) is 18.2 Å². The van der Waals surface area contributed by atoms with Crippen LogP contribution in [0.15, 0.2) is 65.1 Å². The summed E-state index contributed by atoms with van der Waals surface area (Å²) < 4.78 is 64.0. The van der Waals surface area contributed by atoms with Crippen LogP contribution >= 0.6 is 0 Å². The molecule has 0 saturated heterocycles.